The molecule has 3 amide bonds. The third-order valence-electron chi connectivity index (χ3n) is 13.9. The van der Waals surface area contributed by atoms with E-state index in [1.807, 2.05) is 38.6 Å². The van der Waals surface area contributed by atoms with Crippen LogP contribution in [0.1, 0.15) is 104 Å². The van der Waals surface area contributed by atoms with Crippen molar-refractivity contribution in [1.82, 2.24) is 34.5 Å². The van der Waals surface area contributed by atoms with E-state index in [1.54, 1.807) is 32.0 Å². The predicted molar refractivity (Wildman–Crippen MR) is 236 cm³/mol. The number of piperazine rings is 1. The van der Waals surface area contributed by atoms with Gasteiger partial charge in [0.1, 0.15) is 11.8 Å². The third-order valence-corrected chi connectivity index (χ3v) is 13.9. The first-order valence-corrected chi connectivity index (χ1v) is 22.4. The van der Waals surface area contributed by atoms with Gasteiger partial charge in [-0.3, -0.25) is 39.1 Å². The van der Waals surface area contributed by atoms with Crippen molar-refractivity contribution in [2.75, 3.05) is 56.7 Å². The molecule has 7 heterocycles. The monoisotopic (exact) mass is 856 g/mol. The van der Waals surface area contributed by atoms with Crippen molar-refractivity contribution in [2.24, 2.45) is 7.05 Å². The zero-order chi connectivity index (χ0) is 44.0. The van der Waals surface area contributed by atoms with E-state index in [0.717, 1.165) is 93.5 Å². The van der Waals surface area contributed by atoms with Crippen molar-refractivity contribution in [2.45, 2.75) is 101 Å². The number of aliphatic hydroxyl groups is 1. The Labute approximate surface area is 367 Å². The Morgan fingerprint density at radius 2 is 1.78 bits per heavy atom. The number of benzene rings is 1. The Balaban J connectivity index is 0.808. The summed E-state index contributed by atoms with van der Waals surface area (Å²) in [5, 5.41) is 36.2. The van der Waals surface area contributed by atoms with Crippen LogP contribution in [0.4, 0.5) is 11.5 Å². The van der Waals surface area contributed by atoms with Crippen LogP contribution in [0.15, 0.2) is 61.1 Å². The fraction of sp³-hybridized carbons (Fsp3) is 0.511. The lowest BCUT2D eigenvalue weighted by Crippen LogP contribution is -2.61. The normalized spacial score (nSPS) is 23.3. The number of nitrogens with one attached hydrogen (secondary N) is 2. The molecule has 0 spiro atoms. The average Bonchev–Trinajstić information content (AvgIpc) is 3.90. The van der Waals surface area contributed by atoms with E-state index in [1.165, 1.54) is 10.7 Å². The molecule has 0 radical (unpaired) electrons. The van der Waals surface area contributed by atoms with E-state index in [4.69, 9.17) is 9.84 Å². The van der Waals surface area contributed by atoms with Gasteiger partial charge in [0.05, 0.1) is 73.3 Å². The summed E-state index contributed by atoms with van der Waals surface area (Å²) >= 11 is 0. The molecule has 3 saturated heterocycles. The number of carbonyl (C=O) groups excluding carboxylic acids is 3. The number of amides is 3. The molecule has 4 aromatic heterocycles. The number of rotatable bonds is 10. The van der Waals surface area contributed by atoms with E-state index >= 15 is 0 Å². The Hall–Kier alpha value is -5.73. The molecule has 3 aliphatic heterocycles. The molecule has 63 heavy (non-hydrogen) atoms. The maximum atomic E-state index is 13.6. The molecule has 16 nitrogen and oxygen atoms in total. The average molecular weight is 857 g/mol. The standard InChI is InChI=1S/C47H57N11O5/c1-47(2,62)39-23-40-32(22-41(39)50-46(61)42-12-10-36-21-30(24-48)25-49-58(36)42)27-57(52-40)35-8-6-33(7-9-35)55-19-20-56(37(28-55)29-63-4)34-15-17-54(18-16-34)44-14-5-31(26-53(44)3)38-11-13-43(59)51-45(38)60/h5,10,12,14,21-23,25-27,33-35,37-38,62H,6-9,11,13,15-20,28-29H2,1-4H3,(H-,50,51,59,60,61)/p+1/t33?,35?,37-,38?/m0/s1. The topological polar surface area (TPSA) is 177 Å². The minimum absolute atomic E-state index is 0.191. The molecule has 4 aliphatic rings. The van der Waals surface area contributed by atoms with Crippen molar-refractivity contribution in [3.8, 4) is 6.07 Å². The SMILES string of the molecule is COC[C@@H]1CN(C2CCC(n3cc4cc(NC(=O)c5ccc6cc(C#N)cnn56)c(C(C)(C)O)cc4n3)CC2)CCN1C1CCN(c2ccc(C3CCC(=O)NC3=O)c[n+]2C)CC1. The van der Waals surface area contributed by atoms with Gasteiger partial charge in [-0.1, -0.05) is 0 Å². The minimum Gasteiger partial charge on any atom is -0.386 e. The van der Waals surface area contributed by atoms with Crippen LogP contribution in [0, 0.1) is 11.3 Å². The minimum atomic E-state index is -1.24. The molecule has 1 aromatic carbocycles. The highest BCUT2D eigenvalue weighted by atomic mass is 16.5. The molecule has 9 rings (SSSR count). The van der Waals surface area contributed by atoms with Crippen LogP contribution in [-0.4, -0.2) is 117 Å². The van der Waals surface area contributed by atoms with Crippen molar-refractivity contribution in [3.05, 3.63) is 83.4 Å². The molecule has 5 aromatic rings. The highest BCUT2D eigenvalue weighted by molar-refractivity contribution is 6.05. The lowest BCUT2D eigenvalue weighted by atomic mass is 9.89. The van der Waals surface area contributed by atoms with Crippen molar-refractivity contribution < 1.29 is 28.8 Å². The first-order valence-electron chi connectivity index (χ1n) is 22.4. The number of hydrogen-bond donors (Lipinski definition) is 3. The predicted octanol–water partition coefficient (Wildman–Crippen LogP) is 4.17. The molecule has 16 heteroatoms. The van der Waals surface area contributed by atoms with Crippen LogP contribution in [0.25, 0.3) is 16.4 Å². The zero-order valence-electron chi connectivity index (χ0n) is 36.7. The highest BCUT2D eigenvalue weighted by Gasteiger charge is 2.39. The van der Waals surface area contributed by atoms with Crippen LogP contribution in [0.2, 0.25) is 0 Å². The Morgan fingerprint density at radius 1 is 1.00 bits per heavy atom. The number of hydrogen-bond acceptors (Lipinski definition) is 11. The molecule has 4 fully saturated rings. The van der Waals surface area contributed by atoms with E-state index in [0.29, 0.717) is 65.6 Å². The Morgan fingerprint density at radius 3 is 2.49 bits per heavy atom. The number of fused-ring (bicyclic) bond motifs is 2. The van der Waals surface area contributed by atoms with Gasteiger partial charge in [0.2, 0.25) is 11.8 Å². The first kappa shape index (κ1) is 42.6. The van der Waals surface area contributed by atoms with Gasteiger partial charge in [-0.05, 0) is 82.3 Å². The maximum absolute atomic E-state index is 13.6. The lowest BCUT2D eigenvalue weighted by Gasteiger charge is -2.49. The molecule has 2 atom stereocenters. The fourth-order valence-electron chi connectivity index (χ4n) is 10.6. The summed E-state index contributed by atoms with van der Waals surface area (Å²) in [5.41, 5.74) is 2.93. The summed E-state index contributed by atoms with van der Waals surface area (Å²) in [5.74, 6) is 0.0916. The van der Waals surface area contributed by atoms with Crippen molar-refractivity contribution in [3.63, 3.8) is 0 Å². The number of carbonyl (C=O) groups is 3. The number of piperidine rings is 2. The van der Waals surface area contributed by atoms with E-state index in [2.05, 4.69) is 58.0 Å². The molecule has 330 valence electrons. The molecular formula is C47H58N11O5+. The number of nitriles is 1. The summed E-state index contributed by atoms with van der Waals surface area (Å²) < 4.78 is 11.5. The molecule has 1 aliphatic carbocycles. The van der Waals surface area contributed by atoms with Gasteiger partial charge in [0.15, 0.2) is 0 Å². The molecular weight excluding hydrogens is 799 g/mol. The molecule has 1 unspecified atom stereocenters. The van der Waals surface area contributed by atoms with Gasteiger partial charge >= 0.3 is 0 Å². The number of imide groups is 1. The van der Waals surface area contributed by atoms with E-state index < -0.39 is 5.60 Å². The van der Waals surface area contributed by atoms with Gasteiger partial charge < -0.3 is 15.2 Å². The van der Waals surface area contributed by atoms with Crippen LogP contribution in [0.5, 0.6) is 0 Å². The summed E-state index contributed by atoms with van der Waals surface area (Å²) in [6, 6.07) is 16.7. The number of ether oxygens (including phenoxy) is 1. The summed E-state index contributed by atoms with van der Waals surface area (Å²) in [6.07, 6.45) is 12.8. The van der Waals surface area contributed by atoms with Crippen LogP contribution in [-0.2, 0) is 27.0 Å². The van der Waals surface area contributed by atoms with Gasteiger partial charge in [-0.15, -0.1) is 0 Å². The summed E-state index contributed by atoms with van der Waals surface area (Å²) in [7, 11) is 3.86. The fourth-order valence-corrected chi connectivity index (χ4v) is 10.6. The van der Waals surface area contributed by atoms with Crippen molar-refractivity contribution >= 4 is 45.6 Å². The number of aryl methyl sites for hydroxylation is 1. The van der Waals surface area contributed by atoms with Crippen molar-refractivity contribution in [1.29, 1.82) is 5.26 Å². The van der Waals surface area contributed by atoms with Gasteiger partial charge in [0.25, 0.3) is 11.7 Å². The smallest absolute Gasteiger partial charge is 0.276 e. The zero-order valence-corrected chi connectivity index (χ0v) is 36.7. The lowest BCUT2D eigenvalue weighted by molar-refractivity contribution is -0.659. The second-order valence-electron chi connectivity index (χ2n) is 18.4. The third kappa shape index (κ3) is 8.67. The van der Waals surface area contributed by atoms with E-state index in [9.17, 15) is 24.8 Å². The molecule has 3 N–H and O–H groups in total. The molecule has 1 saturated carbocycles. The number of aromatic nitrogens is 5. The largest absolute Gasteiger partial charge is 0.386 e. The summed E-state index contributed by atoms with van der Waals surface area (Å²) in [4.78, 5) is 45.6. The van der Waals surface area contributed by atoms with E-state index in [-0.39, 0.29) is 29.7 Å². The van der Waals surface area contributed by atoms with Crippen LogP contribution < -0.4 is 20.1 Å². The van der Waals surface area contributed by atoms with Crippen LogP contribution in [0.3, 0.4) is 0 Å². The molecule has 0 bridgehead atoms. The Kier molecular flexibility index (Phi) is 11.8. The number of anilines is 2. The number of pyridine rings is 1. The van der Waals surface area contributed by atoms with Gasteiger partial charge in [-0.25, -0.2) is 9.08 Å². The second kappa shape index (κ2) is 17.4. The number of nitrogens with zero attached hydrogens (tertiary/aromatic N) is 9. The quantitative estimate of drug-likeness (QED) is 0.136. The first-order chi connectivity index (χ1) is 30.4. The van der Waals surface area contributed by atoms with Gasteiger partial charge in [-0.2, -0.15) is 15.5 Å². The summed E-state index contributed by atoms with van der Waals surface area (Å²) in [6.45, 7) is 9.11. The Bertz CT molecular complexity index is 2570. The number of methoxy groups -OCH3 is 1. The van der Waals surface area contributed by atoms with Gasteiger partial charge in [0, 0.05) is 98.6 Å². The highest BCUT2D eigenvalue weighted by Crippen LogP contribution is 2.37. The second-order valence-corrected chi connectivity index (χ2v) is 18.4. The van der Waals surface area contributed by atoms with Crippen LogP contribution >= 0.6 is 0 Å². The maximum Gasteiger partial charge on any atom is 0.276 e.